The summed E-state index contributed by atoms with van der Waals surface area (Å²) in [6.45, 7) is 1.05. The van der Waals surface area contributed by atoms with Crippen LogP contribution < -0.4 is 11.0 Å². The number of fused-ring (bicyclic) bond motifs is 1. The molecule has 1 saturated heterocycles. The largest absolute Gasteiger partial charge is 0.345 e. The van der Waals surface area contributed by atoms with Gasteiger partial charge in [0.25, 0.3) is 0 Å². The lowest BCUT2D eigenvalue weighted by Crippen LogP contribution is -2.24. The van der Waals surface area contributed by atoms with Gasteiger partial charge in [0, 0.05) is 5.69 Å². The Hall–Kier alpha value is -1.16. The van der Waals surface area contributed by atoms with Crippen LogP contribution in [-0.4, -0.2) is 16.5 Å². The van der Waals surface area contributed by atoms with Crippen molar-refractivity contribution in [3.05, 3.63) is 27.4 Å². The Morgan fingerprint density at radius 1 is 1.12 bits per heavy atom. The van der Waals surface area contributed by atoms with E-state index in [2.05, 4.69) is 15.3 Å². The summed E-state index contributed by atoms with van der Waals surface area (Å²) in [5.74, 6) is 0. The van der Waals surface area contributed by atoms with E-state index in [0.29, 0.717) is 6.04 Å². The Bertz CT molecular complexity index is 460. The maximum atomic E-state index is 11.6. The van der Waals surface area contributed by atoms with Crippen molar-refractivity contribution in [2.24, 2.45) is 0 Å². The Balaban J connectivity index is 2.06. The predicted octanol–water partition coefficient (Wildman–Crippen LogP) is 1.46. The van der Waals surface area contributed by atoms with Gasteiger partial charge in [0.15, 0.2) is 0 Å². The Morgan fingerprint density at radius 2 is 2.00 bits per heavy atom. The number of aryl methyl sites for hydroxylation is 1. The third kappa shape index (κ3) is 2.14. The minimum absolute atomic E-state index is 0.172. The highest BCUT2D eigenvalue weighted by Crippen LogP contribution is 2.28. The van der Waals surface area contributed by atoms with Crippen molar-refractivity contribution in [2.75, 3.05) is 6.54 Å². The smallest absolute Gasteiger partial charge is 0.310 e. The SMILES string of the molecule is O=c1nc(C2CCCN2)c2c([nH]1)CCCCC2. The number of aromatic nitrogens is 2. The summed E-state index contributed by atoms with van der Waals surface area (Å²) in [7, 11) is 0. The first-order valence-corrected chi connectivity index (χ1v) is 6.70. The molecule has 1 fully saturated rings. The molecule has 1 unspecified atom stereocenters. The number of H-pyrrole nitrogens is 1. The Labute approximate surface area is 101 Å². The molecule has 1 atom stereocenters. The Kier molecular flexibility index (Phi) is 2.97. The van der Waals surface area contributed by atoms with E-state index in [0.717, 1.165) is 37.2 Å². The zero-order chi connectivity index (χ0) is 11.7. The number of hydrogen-bond donors (Lipinski definition) is 2. The average Bonchev–Trinajstić information content (AvgIpc) is 2.74. The van der Waals surface area contributed by atoms with Gasteiger partial charge >= 0.3 is 5.69 Å². The molecule has 17 heavy (non-hydrogen) atoms. The standard InChI is InChI=1S/C13H19N3O/c17-13-15-10-6-3-1-2-5-9(10)12(16-13)11-7-4-8-14-11/h11,14H,1-8H2,(H,15,16,17). The molecule has 2 aliphatic rings. The molecule has 0 aromatic carbocycles. The third-order valence-corrected chi connectivity index (χ3v) is 3.90. The molecule has 0 amide bonds. The third-order valence-electron chi connectivity index (χ3n) is 3.90. The number of hydrogen-bond acceptors (Lipinski definition) is 3. The van der Waals surface area contributed by atoms with Gasteiger partial charge in [-0.05, 0) is 50.6 Å². The van der Waals surface area contributed by atoms with Crippen molar-refractivity contribution >= 4 is 0 Å². The zero-order valence-electron chi connectivity index (χ0n) is 10.1. The fraction of sp³-hybridized carbons (Fsp3) is 0.692. The van der Waals surface area contributed by atoms with E-state index in [-0.39, 0.29) is 5.69 Å². The minimum Gasteiger partial charge on any atom is -0.310 e. The molecule has 0 bridgehead atoms. The molecule has 1 aromatic heterocycles. The van der Waals surface area contributed by atoms with Crippen molar-refractivity contribution in [3.63, 3.8) is 0 Å². The molecule has 2 N–H and O–H groups in total. The fourth-order valence-corrected chi connectivity index (χ4v) is 3.04. The van der Waals surface area contributed by atoms with Crippen LogP contribution in [0.1, 0.15) is 55.1 Å². The van der Waals surface area contributed by atoms with E-state index in [1.165, 1.54) is 31.2 Å². The van der Waals surface area contributed by atoms with Gasteiger partial charge < -0.3 is 10.3 Å². The van der Waals surface area contributed by atoms with Gasteiger partial charge in [0.2, 0.25) is 0 Å². The van der Waals surface area contributed by atoms with Gasteiger partial charge in [-0.2, -0.15) is 4.98 Å². The average molecular weight is 233 g/mol. The first-order chi connectivity index (χ1) is 8.34. The molecule has 4 heteroatoms. The summed E-state index contributed by atoms with van der Waals surface area (Å²) < 4.78 is 0. The van der Waals surface area contributed by atoms with Gasteiger partial charge in [-0.15, -0.1) is 0 Å². The van der Waals surface area contributed by atoms with Crippen LogP contribution in [0.5, 0.6) is 0 Å². The van der Waals surface area contributed by atoms with Crippen molar-refractivity contribution < 1.29 is 0 Å². The molecule has 1 aliphatic heterocycles. The quantitative estimate of drug-likeness (QED) is 0.722. The maximum Gasteiger partial charge on any atom is 0.345 e. The van der Waals surface area contributed by atoms with Crippen molar-refractivity contribution in [1.82, 2.24) is 15.3 Å². The highest BCUT2D eigenvalue weighted by atomic mass is 16.1. The van der Waals surface area contributed by atoms with Crippen LogP contribution in [-0.2, 0) is 12.8 Å². The summed E-state index contributed by atoms with van der Waals surface area (Å²) in [5.41, 5.74) is 3.32. The van der Waals surface area contributed by atoms with E-state index >= 15 is 0 Å². The van der Waals surface area contributed by atoms with Gasteiger partial charge in [0.1, 0.15) is 0 Å². The maximum absolute atomic E-state index is 11.6. The Morgan fingerprint density at radius 3 is 2.82 bits per heavy atom. The molecule has 2 heterocycles. The number of rotatable bonds is 1. The molecular formula is C13H19N3O. The molecular weight excluding hydrogens is 214 g/mol. The molecule has 1 aliphatic carbocycles. The normalized spacial score (nSPS) is 24.4. The molecule has 3 rings (SSSR count). The number of nitrogens with zero attached hydrogens (tertiary/aromatic N) is 1. The number of nitrogens with one attached hydrogen (secondary N) is 2. The lowest BCUT2D eigenvalue weighted by atomic mass is 10.0. The monoisotopic (exact) mass is 233 g/mol. The summed E-state index contributed by atoms with van der Waals surface area (Å²) in [6, 6.07) is 0.309. The molecule has 0 saturated carbocycles. The van der Waals surface area contributed by atoms with Crippen LogP contribution in [0.25, 0.3) is 0 Å². The van der Waals surface area contributed by atoms with Gasteiger partial charge in [0.05, 0.1) is 11.7 Å². The van der Waals surface area contributed by atoms with E-state index in [1.807, 2.05) is 0 Å². The molecule has 1 aromatic rings. The van der Waals surface area contributed by atoms with Crippen molar-refractivity contribution in [1.29, 1.82) is 0 Å². The fourth-order valence-electron chi connectivity index (χ4n) is 3.04. The zero-order valence-corrected chi connectivity index (χ0v) is 10.1. The van der Waals surface area contributed by atoms with Gasteiger partial charge in [-0.1, -0.05) is 6.42 Å². The van der Waals surface area contributed by atoms with Gasteiger partial charge in [-0.25, -0.2) is 4.79 Å². The molecule has 4 nitrogen and oxygen atoms in total. The molecule has 0 radical (unpaired) electrons. The number of aromatic amines is 1. The topological polar surface area (TPSA) is 57.8 Å². The predicted molar refractivity (Wildman–Crippen MR) is 66.1 cm³/mol. The first kappa shape index (κ1) is 11.0. The first-order valence-electron chi connectivity index (χ1n) is 6.70. The van der Waals surface area contributed by atoms with Crippen LogP contribution in [0, 0.1) is 0 Å². The minimum atomic E-state index is -0.172. The highest BCUT2D eigenvalue weighted by Gasteiger charge is 2.24. The second-order valence-corrected chi connectivity index (χ2v) is 5.09. The van der Waals surface area contributed by atoms with Crippen LogP contribution in [0.15, 0.2) is 4.79 Å². The van der Waals surface area contributed by atoms with Crippen molar-refractivity contribution in [2.45, 2.75) is 51.0 Å². The van der Waals surface area contributed by atoms with Crippen LogP contribution in [0.4, 0.5) is 0 Å². The van der Waals surface area contributed by atoms with Crippen molar-refractivity contribution in [3.8, 4) is 0 Å². The lowest BCUT2D eigenvalue weighted by Gasteiger charge is -2.15. The second kappa shape index (κ2) is 4.61. The van der Waals surface area contributed by atoms with E-state index in [9.17, 15) is 4.79 Å². The van der Waals surface area contributed by atoms with Crippen LogP contribution in [0.2, 0.25) is 0 Å². The van der Waals surface area contributed by atoms with Crippen LogP contribution >= 0.6 is 0 Å². The second-order valence-electron chi connectivity index (χ2n) is 5.09. The summed E-state index contributed by atoms with van der Waals surface area (Å²) in [5, 5.41) is 3.46. The van der Waals surface area contributed by atoms with E-state index in [4.69, 9.17) is 0 Å². The van der Waals surface area contributed by atoms with E-state index < -0.39 is 0 Å². The van der Waals surface area contributed by atoms with E-state index in [1.54, 1.807) is 0 Å². The lowest BCUT2D eigenvalue weighted by molar-refractivity contribution is 0.608. The molecule has 0 spiro atoms. The summed E-state index contributed by atoms with van der Waals surface area (Å²) >= 11 is 0. The van der Waals surface area contributed by atoms with Gasteiger partial charge in [-0.3, -0.25) is 0 Å². The van der Waals surface area contributed by atoms with Crippen LogP contribution in [0.3, 0.4) is 0 Å². The summed E-state index contributed by atoms with van der Waals surface area (Å²) in [6.07, 6.45) is 8.05. The molecule has 92 valence electrons. The summed E-state index contributed by atoms with van der Waals surface area (Å²) in [4.78, 5) is 18.8. The highest BCUT2D eigenvalue weighted by molar-refractivity contribution is 5.29.